The Morgan fingerprint density at radius 1 is 1.10 bits per heavy atom. The molecule has 1 aliphatic rings. The van der Waals surface area contributed by atoms with Gasteiger partial charge in [-0.3, -0.25) is 14.2 Å². The molecular formula is C23H25N3O3S. The maximum Gasteiger partial charge on any atom is 0.266 e. The van der Waals surface area contributed by atoms with E-state index in [1.165, 1.54) is 11.8 Å². The predicted molar refractivity (Wildman–Crippen MR) is 120 cm³/mol. The minimum Gasteiger partial charge on any atom is -0.378 e. The smallest absolute Gasteiger partial charge is 0.266 e. The van der Waals surface area contributed by atoms with Crippen molar-refractivity contribution in [3.05, 3.63) is 64.4 Å². The Bertz CT molecular complexity index is 1120. The third kappa shape index (κ3) is 4.13. The van der Waals surface area contributed by atoms with Gasteiger partial charge in [-0.05, 0) is 29.7 Å². The molecule has 0 spiro atoms. The molecule has 0 saturated carbocycles. The van der Waals surface area contributed by atoms with E-state index in [0.717, 1.165) is 11.3 Å². The molecule has 0 unspecified atom stereocenters. The van der Waals surface area contributed by atoms with Crippen LogP contribution >= 0.6 is 11.8 Å². The van der Waals surface area contributed by atoms with E-state index < -0.39 is 0 Å². The molecule has 0 radical (unpaired) electrons. The lowest BCUT2D eigenvalue weighted by atomic mass is 10.0. The van der Waals surface area contributed by atoms with Gasteiger partial charge in [0.2, 0.25) is 5.91 Å². The highest BCUT2D eigenvalue weighted by Gasteiger charge is 2.20. The number of para-hydroxylation sites is 2. The zero-order valence-corrected chi connectivity index (χ0v) is 18.0. The molecule has 6 nitrogen and oxygen atoms in total. The van der Waals surface area contributed by atoms with Crippen molar-refractivity contribution in [1.82, 2.24) is 14.5 Å². The Kier molecular flexibility index (Phi) is 6.20. The lowest BCUT2D eigenvalue weighted by Gasteiger charge is -2.26. The second-order valence-corrected chi connectivity index (χ2v) is 8.49. The summed E-state index contributed by atoms with van der Waals surface area (Å²) in [7, 11) is 0. The molecule has 0 N–H and O–H groups in total. The van der Waals surface area contributed by atoms with Crippen molar-refractivity contribution in [1.29, 1.82) is 0 Å². The summed E-state index contributed by atoms with van der Waals surface area (Å²) < 4.78 is 6.99. The highest BCUT2D eigenvalue weighted by atomic mass is 32.2. The van der Waals surface area contributed by atoms with Crippen molar-refractivity contribution in [2.24, 2.45) is 0 Å². The first-order chi connectivity index (χ1) is 14.6. The highest BCUT2D eigenvalue weighted by Crippen LogP contribution is 2.27. The summed E-state index contributed by atoms with van der Waals surface area (Å²) in [6.07, 6.45) is 0. The predicted octanol–water partition coefficient (Wildman–Crippen LogP) is 3.46. The minimum atomic E-state index is -0.116. The van der Waals surface area contributed by atoms with Gasteiger partial charge < -0.3 is 9.64 Å². The Hall–Kier alpha value is -2.64. The van der Waals surface area contributed by atoms with E-state index in [2.05, 4.69) is 13.8 Å². The number of morpholine rings is 1. The Morgan fingerprint density at radius 3 is 2.57 bits per heavy atom. The molecule has 2 heterocycles. The topological polar surface area (TPSA) is 64.4 Å². The van der Waals surface area contributed by atoms with E-state index in [9.17, 15) is 9.59 Å². The lowest BCUT2D eigenvalue weighted by molar-refractivity contribution is -0.132. The van der Waals surface area contributed by atoms with Crippen molar-refractivity contribution in [3.8, 4) is 5.69 Å². The zero-order chi connectivity index (χ0) is 21.1. The molecule has 1 saturated heterocycles. The first kappa shape index (κ1) is 20.6. The number of carbonyl (C=O) groups excluding carboxylic acids is 1. The number of aromatic nitrogens is 2. The second kappa shape index (κ2) is 9.02. The summed E-state index contributed by atoms with van der Waals surface area (Å²) in [5, 5.41) is 1.10. The fourth-order valence-electron chi connectivity index (χ4n) is 3.63. The van der Waals surface area contributed by atoms with Gasteiger partial charge in [-0.1, -0.05) is 55.9 Å². The monoisotopic (exact) mass is 423 g/mol. The average Bonchev–Trinajstić information content (AvgIpc) is 2.78. The van der Waals surface area contributed by atoms with Gasteiger partial charge in [0.1, 0.15) is 0 Å². The van der Waals surface area contributed by atoms with Crippen LogP contribution in [0.3, 0.4) is 0 Å². The molecule has 4 rings (SSSR count). The molecular weight excluding hydrogens is 398 g/mol. The van der Waals surface area contributed by atoms with Crippen molar-refractivity contribution in [2.75, 3.05) is 32.1 Å². The van der Waals surface area contributed by atoms with Crippen LogP contribution in [0.4, 0.5) is 0 Å². The van der Waals surface area contributed by atoms with E-state index in [0.29, 0.717) is 42.4 Å². The normalized spacial score (nSPS) is 14.4. The number of nitrogens with zero attached hydrogens (tertiary/aromatic N) is 3. The standard InChI is InChI=1S/C23H25N3O3S/c1-16(2)17-7-4-6-10-20(17)26-22(28)18-8-3-5-9-19(18)24-23(26)30-15-21(27)25-11-13-29-14-12-25/h3-10,16H,11-15H2,1-2H3. The van der Waals surface area contributed by atoms with Crippen molar-refractivity contribution in [2.45, 2.75) is 24.9 Å². The van der Waals surface area contributed by atoms with Crippen LogP contribution in [0.25, 0.3) is 16.6 Å². The van der Waals surface area contributed by atoms with E-state index in [4.69, 9.17) is 9.72 Å². The maximum absolute atomic E-state index is 13.5. The molecule has 30 heavy (non-hydrogen) atoms. The first-order valence-corrected chi connectivity index (χ1v) is 11.1. The van der Waals surface area contributed by atoms with Crippen LogP contribution in [-0.4, -0.2) is 52.4 Å². The van der Waals surface area contributed by atoms with Gasteiger partial charge in [0.25, 0.3) is 5.56 Å². The number of hydrogen-bond donors (Lipinski definition) is 0. The SMILES string of the molecule is CC(C)c1ccccc1-n1c(SCC(=O)N2CCOCC2)nc2ccccc2c1=O. The van der Waals surface area contributed by atoms with Gasteiger partial charge in [0.05, 0.1) is 35.6 Å². The number of ether oxygens (including phenoxy) is 1. The Balaban J connectivity index is 1.77. The van der Waals surface area contributed by atoms with Crippen LogP contribution in [0.1, 0.15) is 25.3 Å². The number of thioether (sulfide) groups is 1. The average molecular weight is 424 g/mol. The summed E-state index contributed by atoms with van der Waals surface area (Å²) in [5.74, 6) is 0.510. The lowest BCUT2D eigenvalue weighted by Crippen LogP contribution is -2.41. The summed E-state index contributed by atoms with van der Waals surface area (Å²) in [6, 6.07) is 15.2. The highest BCUT2D eigenvalue weighted by molar-refractivity contribution is 7.99. The zero-order valence-electron chi connectivity index (χ0n) is 17.2. The van der Waals surface area contributed by atoms with E-state index in [-0.39, 0.29) is 23.1 Å². The van der Waals surface area contributed by atoms with Gasteiger partial charge in [0, 0.05) is 13.1 Å². The number of rotatable bonds is 5. The minimum absolute atomic E-state index is 0.0365. The molecule has 1 fully saturated rings. The number of carbonyl (C=O) groups is 1. The first-order valence-electron chi connectivity index (χ1n) is 10.2. The molecule has 1 aromatic heterocycles. The third-order valence-electron chi connectivity index (χ3n) is 5.23. The Morgan fingerprint density at radius 2 is 1.80 bits per heavy atom. The molecule has 156 valence electrons. The summed E-state index contributed by atoms with van der Waals surface area (Å²) in [5.41, 5.74) is 2.41. The van der Waals surface area contributed by atoms with Crippen molar-refractivity contribution < 1.29 is 9.53 Å². The molecule has 0 bridgehead atoms. The van der Waals surface area contributed by atoms with Crippen LogP contribution in [0.15, 0.2) is 58.5 Å². The Labute approximate surface area is 179 Å². The number of hydrogen-bond acceptors (Lipinski definition) is 5. The molecule has 7 heteroatoms. The van der Waals surface area contributed by atoms with E-state index in [1.807, 2.05) is 47.4 Å². The van der Waals surface area contributed by atoms with Gasteiger partial charge in [-0.2, -0.15) is 0 Å². The van der Waals surface area contributed by atoms with Gasteiger partial charge >= 0.3 is 0 Å². The van der Waals surface area contributed by atoms with Gasteiger partial charge in [-0.25, -0.2) is 4.98 Å². The van der Waals surface area contributed by atoms with Crippen molar-refractivity contribution >= 4 is 28.6 Å². The fraction of sp³-hybridized carbons (Fsp3) is 0.348. The van der Waals surface area contributed by atoms with E-state index in [1.54, 1.807) is 10.6 Å². The maximum atomic E-state index is 13.5. The number of fused-ring (bicyclic) bond motifs is 1. The van der Waals surface area contributed by atoms with Crippen LogP contribution in [0.5, 0.6) is 0 Å². The summed E-state index contributed by atoms with van der Waals surface area (Å²) in [4.78, 5) is 32.7. The van der Waals surface area contributed by atoms with Gasteiger partial charge in [0.15, 0.2) is 5.16 Å². The fourth-order valence-corrected chi connectivity index (χ4v) is 4.54. The van der Waals surface area contributed by atoms with Crippen LogP contribution < -0.4 is 5.56 Å². The second-order valence-electron chi connectivity index (χ2n) is 7.55. The summed E-state index contributed by atoms with van der Waals surface area (Å²) in [6.45, 7) is 6.55. The van der Waals surface area contributed by atoms with Crippen LogP contribution in [0.2, 0.25) is 0 Å². The number of benzene rings is 2. The van der Waals surface area contributed by atoms with Crippen LogP contribution in [0, 0.1) is 0 Å². The number of amides is 1. The molecule has 1 aliphatic heterocycles. The third-order valence-corrected chi connectivity index (χ3v) is 6.16. The quantitative estimate of drug-likeness (QED) is 0.465. The molecule has 0 atom stereocenters. The van der Waals surface area contributed by atoms with Crippen LogP contribution in [-0.2, 0) is 9.53 Å². The largest absolute Gasteiger partial charge is 0.378 e. The summed E-state index contributed by atoms with van der Waals surface area (Å²) >= 11 is 1.31. The molecule has 1 amide bonds. The molecule has 2 aromatic carbocycles. The molecule has 3 aromatic rings. The van der Waals surface area contributed by atoms with E-state index >= 15 is 0 Å². The van der Waals surface area contributed by atoms with Gasteiger partial charge in [-0.15, -0.1) is 0 Å². The van der Waals surface area contributed by atoms with Crippen molar-refractivity contribution in [3.63, 3.8) is 0 Å². The molecule has 0 aliphatic carbocycles.